The first-order valence-corrected chi connectivity index (χ1v) is 9.02. The number of benzene rings is 2. The van der Waals surface area contributed by atoms with E-state index in [1.54, 1.807) is 24.3 Å². The zero-order valence-corrected chi connectivity index (χ0v) is 15.3. The lowest BCUT2D eigenvalue weighted by Crippen LogP contribution is -2.48. The molecule has 0 saturated carbocycles. The van der Waals surface area contributed by atoms with Gasteiger partial charge >= 0.3 is 5.97 Å². The monoisotopic (exact) mass is 369 g/mol. The van der Waals surface area contributed by atoms with Crippen LogP contribution in [0.1, 0.15) is 28.4 Å². The van der Waals surface area contributed by atoms with E-state index >= 15 is 0 Å². The van der Waals surface area contributed by atoms with Crippen molar-refractivity contribution >= 4 is 11.9 Å². The average Bonchev–Trinajstić information content (AvgIpc) is 2.70. The summed E-state index contributed by atoms with van der Waals surface area (Å²) < 4.78 is 11.0. The van der Waals surface area contributed by atoms with E-state index in [1.807, 2.05) is 31.2 Å². The normalized spacial score (nSPS) is 15.9. The minimum absolute atomic E-state index is 0.263. The molecule has 1 amide bonds. The Labute approximate surface area is 158 Å². The number of ether oxygens (including phenoxy) is 2. The molecule has 6 heteroatoms. The van der Waals surface area contributed by atoms with Gasteiger partial charge in [-0.25, -0.2) is 4.79 Å². The van der Waals surface area contributed by atoms with Crippen LogP contribution in [0.25, 0.3) is 0 Å². The number of nitrogens with zero attached hydrogens (tertiary/aromatic N) is 1. The van der Waals surface area contributed by atoms with Gasteiger partial charge in [0.2, 0.25) is 0 Å². The molecule has 0 saturated heterocycles. The molecule has 1 N–H and O–H groups in total. The van der Waals surface area contributed by atoms with Crippen LogP contribution in [0.5, 0.6) is 5.75 Å². The second-order valence-electron chi connectivity index (χ2n) is 6.30. The van der Waals surface area contributed by atoms with Crippen LogP contribution in [0.3, 0.4) is 0 Å². The zero-order valence-electron chi connectivity index (χ0n) is 15.3. The fraction of sp³-hybridized carbons (Fsp3) is 0.333. The molecular formula is C21H23NO5. The zero-order chi connectivity index (χ0) is 19.2. The highest BCUT2D eigenvalue weighted by Gasteiger charge is 2.35. The minimum atomic E-state index is -1.01. The maximum absolute atomic E-state index is 13.2. The van der Waals surface area contributed by atoms with Crippen LogP contribution in [0.2, 0.25) is 0 Å². The molecule has 27 heavy (non-hydrogen) atoms. The van der Waals surface area contributed by atoms with Crippen LogP contribution >= 0.6 is 0 Å². The quantitative estimate of drug-likeness (QED) is 0.760. The van der Waals surface area contributed by atoms with Crippen molar-refractivity contribution in [2.45, 2.75) is 25.9 Å². The van der Waals surface area contributed by atoms with E-state index in [-0.39, 0.29) is 12.5 Å². The van der Waals surface area contributed by atoms with Crippen LogP contribution in [-0.2, 0) is 22.5 Å². The van der Waals surface area contributed by atoms with E-state index in [2.05, 4.69) is 0 Å². The van der Waals surface area contributed by atoms with E-state index in [1.165, 1.54) is 4.90 Å². The highest BCUT2D eigenvalue weighted by Crippen LogP contribution is 2.28. The number of para-hydroxylation sites is 1. The van der Waals surface area contributed by atoms with Crippen molar-refractivity contribution in [3.63, 3.8) is 0 Å². The Kier molecular flexibility index (Phi) is 6.08. The Bertz CT molecular complexity index is 820. The number of rotatable bonds is 7. The van der Waals surface area contributed by atoms with E-state index in [4.69, 9.17) is 9.47 Å². The largest absolute Gasteiger partial charge is 0.490 e. The summed E-state index contributed by atoms with van der Waals surface area (Å²) in [6, 6.07) is 13.6. The van der Waals surface area contributed by atoms with Gasteiger partial charge in [-0.05, 0) is 30.2 Å². The topological polar surface area (TPSA) is 76.1 Å². The molecule has 142 valence electrons. The van der Waals surface area contributed by atoms with Gasteiger partial charge in [0, 0.05) is 19.6 Å². The fourth-order valence-electron chi connectivity index (χ4n) is 3.24. The average molecular weight is 369 g/mol. The summed E-state index contributed by atoms with van der Waals surface area (Å²) in [6.07, 6.45) is 0.296. The van der Waals surface area contributed by atoms with Crippen molar-refractivity contribution in [2.75, 3.05) is 19.8 Å². The maximum atomic E-state index is 13.2. The second-order valence-corrected chi connectivity index (χ2v) is 6.30. The molecular weight excluding hydrogens is 346 g/mol. The SMILES string of the molecule is CCOCCOc1ccccc1C(=O)N1Cc2ccccc2CC1C(=O)O. The molecule has 2 aromatic carbocycles. The Morgan fingerprint density at radius 2 is 1.78 bits per heavy atom. The van der Waals surface area contributed by atoms with Crippen LogP contribution in [0.4, 0.5) is 0 Å². The molecule has 0 aromatic heterocycles. The van der Waals surface area contributed by atoms with Gasteiger partial charge in [-0.2, -0.15) is 0 Å². The summed E-state index contributed by atoms with van der Waals surface area (Å²) in [4.78, 5) is 26.4. The van der Waals surface area contributed by atoms with Gasteiger partial charge in [0.05, 0.1) is 12.2 Å². The Morgan fingerprint density at radius 3 is 2.52 bits per heavy atom. The second kappa shape index (κ2) is 8.68. The highest BCUT2D eigenvalue weighted by atomic mass is 16.5. The van der Waals surface area contributed by atoms with Crippen LogP contribution in [-0.4, -0.2) is 47.7 Å². The van der Waals surface area contributed by atoms with E-state index in [0.717, 1.165) is 11.1 Å². The van der Waals surface area contributed by atoms with Crippen molar-refractivity contribution in [1.82, 2.24) is 4.90 Å². The van der Waals surface area contributed by atoms with E-state index in [0.29, 0.717) is 37.6 Å². The molecule has 1 atom stereocenters. The molecule has 0 fully saturated rings. The number of hydrogen-bond acceptors (Lipinski definition) is 4. The van der Waals surface area contributed by atoms with Gasteiger partial charge in [0.25, 0.3) is 5.91 Å². The van der Waals surface area contributed by atoms with Crippen LogP contribution in [0, 0.1) is 0 Å². The maximum Gasteiger partial charge on any atom is 0.326 e. The third-order valence-corrected chi connectivity index (χ3v) is 4.60. The Hall–Kier alpha value is -2.86. The first kappa shape index (κ1) is 18.9. The van der Waals surface area contributed by atoms with Crippen molar-refractivity contribution in [3.8, 4) is 5.75 Å². The third-order valence-electron chi connectivity index (χ3n) is 4.60. The van der Waals surface area contributed by atoms with Gasteiger partial charge in [-0.15, -0.1) is 0 Å². The number of hydrogen-bond donors (Lipinski definition) is 1. The summed E-state index contributed by atoms with van der Waals surface area (Å²) in [7, 11) is 0. The number of carboxylic acid groups (broad SMARTS) is 1. The molecule has 1 aliphatic heterocycles. The summed E-state index contributed by atoms with van der Waals surface area (Å²) in [5.74, 6) is -0.915. The van der Waals surface area contributed by atoms with Crippen LogP contribution in [0.15, 0.2) is 48.5 Å². The number of aliphatic carboxylic acids is 1. The molecule has 1 unspecified atom stereocenters. The molecule has 1 heterocycles. The number of fused-ring (bicyclic) bond motifs is 1. The van der Waals surface area contributed by atoms with E-state index < -0.39 is 12.0 Å². The number of carboxylic acids is 1. The van der Waals surface area contributed by atoms with Gasteiger partial charge < -0.3 is 19.5 Å². The smallest absolute Gasteiger partial charge is 0.326 e. The lowest BCUT2D eigenvalue weighted by atomic mass is 9.93. The fourth-order valence-corrected chi connectivity index (χ4v) is 3.24. The highest BCUT2D eigenvalue weighted by molar-refractivity contribution is 5.99. The predicted octanol–water partition coefficient (Wildman–Crippen LogP) is 2.75. The molecule has 0 bridgehead atoms. The molecule has 6 nitrogen and oxygen atoms in total. The summed E-state index contributed by atoms with van der Waals surface area (Å²) in [5, 5.41) is 9.66. The first-order chi connectivity index (χ1) is 13.1. The predicted molar refractivity (Wildman–Crippen MR) is 99.9 cm³/mol. The molecule has 1 aliphatic rings. The Balaban J connectivity index is 1.85. The summed E-state index contributed by atoms with van der Waals surface area (Å²) in [6.45, 7) is 3.51. The van der Waals surface area contributed by atoms with Gasteiger partial charge in [0.15, 0.2) is 0 Å². The molecule has 0 radical (unpaired) electrons. The first-order valence-electron chi connectivity index (χ1n) is 9.02. The number of amides is 1. The van der Waals surface area contributed by atoms with Crippen molar-refractivity contribution in [2.24, 2.45) is 0 Å². The van der Waals surface area contributed by atoms with Crippen molar-refractivity contribution in [1.29, 1.82) is 0 Å². The number of carbonyl (C=O) groups excluding carboxylic acids is 1. The molecule has 0 spiro atoms. The summed E-state index contributed by atoms with van der Waals surface area (Å²) >= 11 is 0. The molecule has 2 aromatic rings. The molecule has 0 aliphatic carbocycles. The van der Waals surface area contributed by atoms with Gasteiger partial charge in [0.1, 0.15) is 18.4 Å². The lowest BCUT2D eigenvalue weighted by Gasteiger charge is -2.34. The van der Waals surface area contributed by atoms with Gasteiger partial charge in [-0.3, -0.25) is 4.79 Å². The third kappa shape index (κ3) is 4.28. The standard InChI is InChI=1S/C21H23NO5/c1-2-26-11-12-27-19-10-6-5-9-17(19)20(23)22-14-16-8-4-3-7-15(16)13-18(22)21(24)25/h3-10,18H,2,11-14H2,1H3,(H,24,25). The lowest BCUT2D eigenvalue weighted by molar-refractivity contribution is -0.142. The minimum Gasteiger partial charge on any atom is -0.490 e. The van der Waals surface area contributed by atoms with Crippen LogP contribution < -0.4 is 4.74 Å². The van der Waals surface area contributed by atoms with Crippen molar-refractivity contribution in [3.05, 3.63) is 65.2 Å². The van der Waals surface area contributed by atoms with E-state index in [9.17, 15) is 14.7 Å². The Morgan fingerprint density at radius 1 is 1.07 bits per heavy atom. The molecule has 3 rings (SSSR count). The van der Waals surface area contributed by atoms with Gasteiger partial charge in [-0.1, -0.05) is 36.4 Å². The number of carbonyl (C=O) groups is 2. The summed E-state index contributed by atoms with van der Waals surface area (Å²) in [5.41, 5.74) is 2.30. The van der Waals surface area contributed by atoms with Crippen molar-refractivity contribution < 1.29 is 24.2 Å².